The van der Waals surface area contributed by atoms with E-state index in [2.05, 4.69) is 23.1 Å². The molecule has 4 atom stereocenters. The van der Waals surface area contributed by atoms with Gasteiger partial charge in [-0.15, -0.1) is 0 Å². The number of hydrogen-bond donors (Lipinski definition) is 1. The minimum absolute atomic E-state index is 0.195. The molecule has 0 unspecified atom stereocenters. The Morgan fingerprint density at radius 3 is 2.82 bits per heavy atom. The largest absolute Gasteiger partial charge is 0.456 e. The highest BCUT2D eigenvalue weighted by molar-refractivity contribution is 6.55. The summed E-state index contributed by atoms with van der Waals surface area (Å²) in [4.78, 5) is 8.85. The van der Waals surface area contributed by atoms with E-state index in [9.17, 15) is 5.11 Å². The van der Waals surface area contributed by atoms with Crippen LogP contribution in [-0.4, -0.2) is 72.7 Å². The van der Waals surface area contributed by atoms with Crippen LogP contribution in [0.25, 0.3) is 11.2 Å². The summed E-state index contributed by atoms with van der Waals surface area (Å²) in [7, 11) is -0.365. The van der Waals surface area contributed by atoms with Crippen molar-refractivity contribution in [3.05, 3.63) is 16.2 Å². The highest BCUT2D eigenvalue weighted by Crippen LogP contribution is 2.32. The number of fused-ring (bicyclic) bond motifs is 2. The first-order valence-electron chi connectivity index (χ1n) is 9.11. The Kier molecular flexibility index (Phi) is 6.12. The zero-order chi connectivity index (χ0) is 19.8. The van der Waals surface area contributed by atoms with E-state index in [0.29, 0.717) is 35.4 Å². The number of aliphatic hydroxyl groups excluding tert-OH is 1. The maximum Gasteiger partial charge on any atom is 0.301 e. The molecule has 28 heavy (non-hydrogen) atoms. The van der Waals surface area contributed by atoms with Gasteiger partial charge in [0.2, 0.25) is 0 Å². The normalized spacial score (nSPS) is 27.1. The molecule has 2 aliphatic heterocycles. The van der Waals surface area contributed by atoms with Crippen molar-refractivity contribution in [1.82, 2.24) is 14.5 Å². The second-order valence-electron chi connectivity index (χ2n) is 7.24. The van der Waals surface area contributed by atoms with Crippen LogP contribution in [0.3, 0.4) is 0 Å². The van der Waals surface area contributed by atoms with Crippen molar-refractivity contribution in [2.75, 3.05) is 19.8 Å². The molecule has 2 aromatic rings. The third kappa shape index (κ3) is 4.02. The monoisotopic (exact) mass is 446 g/mol. The van der Waals surface area contributed by atoms with Gasteiger partial charge >= 0.3 is 6.01 Å². The Morgan fingerprint density at radius 2 is 2.04 bits per heavy atom. The Morgan fingerprint density at radius 1 is 1.25 bits per heavy atom. The van der Waals surface area contributed by atoms with Gasteiger partial charge in [0, 0.05) is 15.4 Å². The SMILES string of the molecule is C[Si](C)CCOCn1c(O[C@@H]2CO[C@H]3[C@@H]2OC[C@H]3O)nc2cc(Cl)c(Cl)nc21. The summed E-state index contributed by atoms with van der Waals surface area (Å²) in [6.45, 7) is 5.91. The number of hydrogen-bond acceptors (Lipinski definition) is 7. The van der Waals surface area contributed by atoms with E-state index in [0.717, 1.165) is 6.04 Å². The molecule has 2 saturated heterocycles. The highest BCUT2D eigenvalue weighted by Gasteiger charge is 2.48. The number of aliphatic hydroxyl groups is 1. The lowest BCUT2D eigenvalue weighted by Crippen LogP contribution is -2.35. The minimum atomic E-state index is -0.640. The van der Waals surface area contributed by atoms with E-state index in [-0.39, 0.29) is 45.6 Å². The zero-order valence-corrected chi connectivity index (χ0v) is 18.1. The zero-order valence-electron chi connectivity index (χ0n) is 15.6. The fourth-order valence-electron chi connectivity index (χ4n) is 3.30. The van der Waals surface area contributed by atoms with Crippen LogP contribution in [-0.2, 0) is 20.9 Å². The Labute approximate surface area is 174 Å². The first kappa shape index (κ1) is 20.3. The van der Waals surface area contributed by atoms with Gasteiger partial charge in [0.25, 0.3) is 0 Å². The smallest absolute Gasteiger partial charge is 0.301 e. The van der Waals surface area contributed by atoms with Crippen LogP contribution in [0.5, 0.6) is 6.01 Å². The van der Waals surface area contributed by atoms with Gasteiger partial charge in [-0.3, -0.25) is 4.57 Å². The molecule has 8 nitrogen and oxygen atoms in total. The minimum Gasteiger partial charge on any atom is -0.456 e. The quantitative estimate of drug-likeness (QED) is 0.396. The topological polar surface area (TPSA) is 87.9 Å². The number of imidazole rings is 1. The molecule has 1 N–H and O–H groups in total. The average molecular weight is 447 g/mol. The lowest BCUT2D eigenvalue weighted by Gasteiger charge is -2.18. The molecule has 4 rings (SSSR count). The van der Waals surface area contributed by atoms with E-state index in [1.54, 1.807) is 10.6 Å². The predicted octanol–water partition coefficient (Wildman–Crippen LogP) is 2.37. The summed E-state index contributed by atoms with van der Waals surface area (Å²) in [6.07, 6.45) is -1.74. The number of nitrogens with zero attached hydrogens (tertiary/aromatic N) is 3. The Bertz CT molecular complexity index is 852. The summed E-state index contributed by atoms with van der Waals surface area (Å²) in [6, 6.07) is 3.02. The van der Waals surface area contributed by atoms with E-state index in [4.69, 9.17) is 42.1 Å². The fourth-order valence-corrected chi connectivity index (χ4v) is 4.13. The van der Waals surface area contributed by atoms with Crippen molar-refractivity contribution in [1.29, 1.82) is 0 Å². The second-order valence-corrected chi connectivity index (χ2v) is 10.9. The van der Waals surface area contributed by atoms with Gasteiger partial charge in [-0.05, 0) is 12.1 Å². The van der Waals surface area contributed by atoms with E-state index < -0.39 is 6.10 Å². The lowest BCUT2D eigenvalue weighted by molar-refractivity contribution is 0.00337. The molecule has 2 fully saturated rings. The van der Waals surface area contributed by atoms with Gasteiger partial charge in [-0.25, -0.2) is 4.98 Å². The molecule has 0 spiro atoms. The maximum atomic E-state index is 9.92. The van der Waals surface area contributed by atoms with Crippen molar-refractivity contribution in [2.45, 2.75) is 50.3 Å². The number of rotatable bonds is 7. The third-order valence-corrected chi connectivity index (χ3v) is 6.68. The van der Waals surface area contributed by atoms with Gasteiger partial charge in [0.15, 0.2) is 11.8 Å². The molecule has 0 aliphatic carbocycles. The van der Waals surface area contributed by atoms with Gasteiger partial charge in [-0.2, -0.15) is 4.98 Å². The second kappa shape index (κ2) is 8.43. The van der Waals surface area contributed by atoms with Crippen molar-refractivity contribution in [3.63, 3.8) is 0 Å². The number of halogens is 2. The van der Waals surface area contributed by atoms with Crippen molar-refractivity contribution in [3.8, 4) is 6.01 Å². The Hall–Kier alpha value is -0.943. The third-order valence-electron chi connectivity index (χ3n) is 4.80. The molecule has 153 valence electrons. The van der Waals surface area contributed by atoms with Crippen LogP contribution in [0.2, 0.25) is 29.3 Å². The van der Waals surface area contributed by atoms with Crippen LogP contribution >= 0.6 is 23.2 Å². The Balaban J connectivity index is 1.58. The first-order chi connectivity index (χ1) is 13.4. The predicted molar refractivity (Wildman–Crippen MR) is 106 cm³/mol. The molecule has 1 radical (unpaired) electrons. The van der Waals surface area contributed by atoms with Gasteiger partial charge < -0.3 is 24.1 Å². The summed E-state index contributed by atoms with van der Waals surface area (Å²) < 4.78 is 24.9. The van der Waals surface area contributed by atoms with Crippen molar-refractivity contribution in [2.24, 2.45) is 0 Å². The molecular weight excluding hydrogens is 425 g/mol. The van der Waals surface area contributed by atoms with Gasteiger partial charge in [0.1, 0.15) is 35.7 Å². The van der Waals surface area contributed by atoms with Crippen LogP contribution in [0.15, 0.2) is 6.07 Å². The van der Waals surface area contributed by atoms with Gasteiger partial charge in [0.05, 0.1) is 18.2 Å². The van der Waals surface area contributed by atoms with E-state index in [1.807, 2.05) is 0 Å². The number of aromatic nitrogens is 3. The fraction of sp³-hybridized carbons (Fsp3) is 0.647. The van der Waals surface area contributed by atoms with Crippen molar-refractivity contribution < 1.29 is 24.1 Å². The van der Waals surface area contributed by atoms with Crippen molar-refractivity contribution >= 4 is 43.2 Å². The first-order valence-corrected chi connectivity index (χ1v) is 12.6. The standard InChI is InChI=1S/C17H22Cl2N3O5Si/c1-28(2)4-3-24-8-22-16-10(5-9(18)15(19)21-16)20-17(22)27-12-7-26-13-11(23)6-25-14(12)13/h5,11-14,23H,3-4,6-8H2,1-2H3/t11-,12-,13-,14-/m1/s1. The van der Waals surface area contributed by atoms with Crippen LogP contribution in [0.4, 0.5) is 0 Å². The molecule has 0 bridgehead atoms. The molecule has 4 heterocycles. The summed E-state index contributed by atoms with van der Waals surface area (Å²) >= 11 is 12.2. The average Bonchev–Trinajstić information content (AvgIpc) is 3.30. The van der Waals surface area contributed by atoms with Crippen LogP contribution in [0, 0.1) is 0 Å². The molecule has 0 amide bonds. The molecule has 0 aromatic carbocycles. The van der Waals surface area contributed by atoms with Crippen LogP contribution in [0.1, 0.15) is 0 Å². The van der Waals surface area contributed by atoms with E-state index in [1.165, 1.54) is 0 Å². The highest BCUT2D eigenvalue weighted by atomic mass is 35.5. The van der Waals surface area contributed by atoms with E-state index >= 15 is 0 Å². The number of ether oxygens (including phenoxy) is 4. The lowest BCUT2D eigenvalue weighted by atomic mass is 10.1. The summed E-state index contributed by atoms with van der Waals surface area (Å²) in [5, 5.41) is 10.4. The summed E-state index contributed by atoms with van der Waals surface area (Å²) in [5.41, 5.74) is 1.09. The molecule has 0 saturated carbocycles. The number of pyridine rings is 1. The molecule has 2 aromatic heterocycles. The van der Waals surface area contributed by atoms with Crippen LogP contribution < -0.4 is 4.74 Å². The molecular formula is C17H22Cl2N3O5Si. The molecule has 11 heteroatoms. The summed E-state index contributed by atoms with van der Waals surface area (Å²) in [5.74, 6) is 0. The van der Waals surface area contributed by atoms with Gasteiger partial charge in [-0.1, -0.05) is 36.3 Å². The molecule has 2 aliphatic rings. The maximum absolute atomic E-state index is 9.92.